The summed E-state index contributed by atoms with van der Waals surface area (Å²) in [5.74, 6) is -0.699. The number of rotatable bonds is 3. The predicted molar refractivity (Wildman–Crippen MR) is 47.0 cm³/mol. The van der Waals surface area contributed by atoms with Crippen LogP contribution in [0.15, 0.2) is 12.2 Å². The maximum absolute atomic E-state index is 11.0. The summed E-state index contributed by atoms with van der Waals surface area (Å²) in [6.45, 7) is 7.02. The van der Waals surface area contributed by atoms with E-state index in [0.29, 0.717) is 13.0 Å². The summed E-state index contributed by atoms with van der Waals surface area (Å²) in [5.41, 5.74) is 0.368. The number of carbonyl (C=O) groups is 1. The van der Waals surface area contributed by atoms with Crippen molar-refractivity contribution in [2.75, 3.05) is 13.1 Å². The van der Waals surface area contributed by atoms with Crippen molar-refractivity contribution in [2.45, 2.75) is 19.8 Å². The smallest absolute Gasteiger partial charge is 0.311 e. The van der Waals surface area contributed by atoms with E-state index in [9.17, 15) is 4.79 Å². The van der Waals surface area contributed by atoms with Crippen LogP contribution in [-0.4, -0.2) is 24.2 Å². The summed E-state index contributed by atoms with van der Waals surface area (Å²) in [6, 6.07) is 0. The lowest BCUT2D eigenvalue weighted by atomic mass is 9.81. The molecule has 0 spiro atoms. The Morgan fingerprint density at radius 2 is 2.42 bits per heavy atom. The molecule has 2 N–H and O–H groups in total. The predicted octanol–water partition coefficient (Wildman–Crippen LogP) is 1.02. The molecule has 1 unspecified atom stereocenters. The van der Waals surface area contributed by atoms with Crippen LogP contribution in [0.3, 0.4) is 0 Å². The number of carboxylic acids is 1. The minimum absolute atomic E-state index is 0.578. The highest BCUT2D eigenvalue weighted by Gasteiger charge is 2.40. The van der Waals surface area contributed by atoms with E-state index in [0.717, 1.165) is 18.5 Å². The van der Waals surface area contributed by atoms with Crippen LogP contribution >= 0.6 is 0 Å². The number of aliphatic carboxylic acids is 1. The van der Waals surface area contributed by atoms with Crippen molar-refractivity contribution in [2.24, 2.45) is 5.41 Å². The van der Waals surface area contributed by atoms with E-state index in [4.69, 9.17) is 5.11 Å². The zero-order valence-electron chi connectivity index (χ0n) is 7.39. The molecule has 0 bridgehead atoms. The molecule has 1 rings (SSSR count). The normalized spacial score (nSPS) is 28.8. The molecule has 12 heavy (non-hydrogen) atoms. The fourth-order valence-electron chi connectivity index (χ4n) is 1.73. The molecular formula is C9H15NO2. The standard InChI is InChI=1S/C9H15NO2/c1-7(2)5-9(8(11)12)3-4-10-6-9/h10H,1,3-6H2,2H3,(H,11,12). The summed E-state index contributed by atoms with van der Waals surface area (Å²) >= 11 is 0. The molecule has 0 aliphatic carbocycles. The highest BCUT2D eigenvalue weighted by Crippen LogP contribution is 2.32. The first-order valence-electron chi connectivity index (χ1n) is 4.15. The van der Waals surface area contributed by atoms with E-state index < -0.39 is 11.4 Å². The maximum Gasteiger partial charge on any atom is 0.311 e. The SMILES string of the molecule is C=C(C)CC1(C(=O)O)CCNC1. The molecule has 3 heteroatoms. The Labute approximate surface area is 72.5 Å². The molecule has 1 aliphatic rings. The Balaban J connectivity index is 2.72. The van der Waals surface area contributed by atoms with Crippen molar-refractivity contribution in [3.8, 4) is 0 Å². The second-order valence-corrected chi connectivity index (χ2v) is 3.65. The van der Waals surface area contributed by atoms with Crippen LogP contribution in [0.4, 0.5) is 0 Å². The molecule has 1 saturated heterocycles. The number of carboxylic acid groups (broad SMARTS) is 1. The van der Waals surface area contributed by atoms with Gasteiger partial charge in [-0.1, -0.05) is 5.57 Å². The van der Waals surface area contributed by atoms with Crippen molar-refractivity contribution in [3.05, 3.63) is 12.2 Å². The van der Waals surface area contributed by atoms with Crippen molar-refractivity contribution in [1.29, 1.82) is 0 Å². The zero-order chi connectivity index (χ0) is 9.19. The van der Waals surface area contributed by atoms with Gasteiger partial charge in [-0.25, -0.2) is 0 Å². The van der Waals surface area contributed by atoms with Gasteiger partial charge in [0.05, 0.1) is 5.41 Å². The van der Waals surface area contributed by atoms with Crippen molar-refractivity contribution in [1.82, 2.24) is 5.32 Å². The lowest BCUT2D eigenvalue weighted by Crippen LogP contribution is -2.33. The van der Waals surface area contributed by atoms with Crippen molar-refractivity contribution >= 4 is 5.97 Å². The van der Waals surface area contributed by atoms with Gasteiger partial charge < -0.3 is 10.4 Å². The van der Waals surface area contributed by atoms with E-state index in [1.807, 2.05) is 6.92 Å². The van der Waals surface area contributed by atoms with Gasteiger partial charge in [-0.05, 0) is 26.3 Å². The summed E-state index contributed by atoms with van der Waals surface area (Å²) in [4.78, 5) is 11.0. The third-order valence-electron chi connectivity index (χ3n) is 2.34. The van der Waals surface area contributed by atoms with Crippen LogP contribution in [0, 0.1) is 5.41 Å². The van der Waals surface area contributed by atoms with Gasteiger partial charge in [-0.15, -0.1) is 6.58 Å². The Bertz CT molecular complexity index is 205. The van der Waals surface area contributed by atoms with Crippen LogP contribution < -0.4 is 5.32 Å². The van der Waals surface area contributed by atoms with Gasteiger partial charge in [0.1, 0.15) is 0 Å². The minimum atomic E-state index is -0.699. The topological polar surface area (TPSA) is 49.3 Å². The van der Waals surface area contributed by atoms with Crippen molar-refractivity contribution in [3.63, 3.8) is 0 Å². The van der Waals surface area contributed by atoms with Crippen molar-refractivity contribution < 1.29 is 9.90 Å². The monoisotopic (exact) mass is 169 g/mol. The van der Waals surface area contributed by atoms with E-state index in [-0.39, 0.29) is 0 Å². The second-order valence-electron chi connectivity index (χ2n) is 3.65. The van der Waals surface area contributed by atoms with Crippen LogP contribution in [0.1, 0.15) is 19.8 Å². The summed E-state index contributed by atoms with van der Waals surface area (Å²) in [7, 11) is 0. The van der Waals surface area contributed by atoms with Gasteiger partial charge >= 0.3 is 5.97 Å². The highest BCUT2D eigenvalue weighted by molar-refractivity contribution is 5.75. The van der Waals surface area contributed by atoms with Crippen LogP contribution in [0.5, 0.6) is 0 Å². The van der Waals surface area contributed by atoms with Crippen LogP contribution in [0.2, 0.25) is 0 Å². The molecule has 3 nitrogen and oxygen atoms in total. The second kappa shape index (κ2) is 3.27. The number of hydrogen-bond acceptors (Lipinski definition) is 2. The quantitative estimate of drug-likeness (QED) is 0.620. The highest BCUT2D eigenvalue weighted by atomic mass is 16.4. The molecule has 1 aliphatic heterocycles. The Kier molecular flexibility index (Phi) is 2.52. The molecule has 0 aromatic rings. The maximum atomic E-state index is 11.0. The number of allylic oxidation sites excluding steroid dienone is 1. The fourth-order valence-corrected chi connectivity index (χ4v) is 1.73. The third kappa shape index (κ3) is 1.67. The minimum Gasteiger partial charge on any atom is -0.481 e. The van der Waals surface area contributed by atoms with Crippen LogP contribution in [0.25, 0.3) is 0 Å². The third-order valence-corrected chi connectivity index (χ3v) is 2.34. The van der Waals surface area contributed by atoms with Gasteiger partial charge in [-0.2, -0.15) is 0 Å². The first-order valence-corrected chi connectivity index (χ1v) is 4.15. The lowest BCUT2D eigenvalue weighted by molar-refractivity contribution is -0.147. The van der Waals surface area contributed by atoms with E-state index in [2.05, 4.69) is 11.9 Å². The molecule has 0 saturated carbocycles. The molecule has 1 heterocycles. The van der Waals surface area contributed by atoms with Gasteiger partial charge in [0, 0.05) is 6.54 Å². The van der Waals surface area contributed by atoms with E-state index in [1.54, 1.807) is 0 Å². The molecule has 68 valence electrons. The van der Waals surface area contributed by atoms with Gasteiger partial charge in [-0.3, -0.25) is 4.79 Å². The molecule has 0 radical (unpaired) electrons. The molecule has 0 aromatic heterocycles. The Hall–Kier alpha value is -0.830. The summed E-state index contributed by atoms with van der Waals surface area (Å²) in [5, 5.41) is 12.1. The number of hydrogen-bond donors (Lipinski definition) is 2. The molecule has 1 atom stereocenters. The number of nitrogens with one attached hydrogen (secondary N) is 1. The molecule has 1 fully saturated rings. The van der Waals surface area contributed by atoms with Crippen LogP contribution in [-0.2, 0) is 4.79 Å². The average molecular weight is 169 g/mol. The van der Waals surface area contributed by atoms with Gasteiger partial charge in [0.15, 0.2) is 0 Å². The average Bonchev–Trinajstić information content (AvgIpc) is 2.35. The van der Waals surface area contributed by atoms with Gasteiger partial charge in [0.2, 0.25) is 0 Å². The zero-order valence-corrected chi connectivity index (χ0v) is 7.39. The Morgan fingerprint density at radius 1 is 1.75 bits per heavy atom. The largest absolute Gasteiger partial charge is 0.481 e. The first kappa shape index (κ1) is 9.26. The van der Waals surface area contributed by atoms with E-state index in [1.165, 1.54) is 0 Å². The molecule has 0 aromatic carbocycles. The first-order chi connectivity index (χ1) is 5.57. The Morgan fingerprint density at radius 3 is 2.75 bits per heavy atom. The molecular weight excluding hydrogens is 154 g/mol. The lowest BCUT2D eigenvalue weighted by Gasteiger charge is -2.22. The summed E-state index contributed by atoms with van der Waals surface area (Å²) in [6.07, 6.45) is 1.31. The molecule has 0 amide bonds. The van der Waals surface area contributed by atoms with E-state index >= 15 is 0 Å². The van der Waals surface area contributed by atoms with Gasteiger partial charge in [0.25, 0.3) is 0 Å². The summed E-state index contributed by atoms with van der Waals surface area (Å²) < 4.78 is 0. The fraction of sp³-hybridized carbons (Fsp3) is 0.667.